The van der Waals surface area contributed by atoms with Crippen molar-refractivity contribution in [2.45, 2.75) is 0 Å². The molecule has 3 aromatic heterocycles. The second-order valence-corrected chi connectivity index (χ2v) is 7.01. The lowest BCUT2D eigenvalue weighted by Crippen LogP contribution is -2.20. The van der Waals surface area contributed by atoms with Crippen LogP contribution in [0.1, 0.15) is 0 Å². The Kier molecular flexibility index (Phi) is 5.08. The standard InChI is InChI=1S/C20H15Cl2N5O2/c1-27-18-11(8-13(19(27)28)17-14(21)4-3-5-15(17)22)9-24-20(26-18)25-16-7-6-12(29-2)10-23-16/h3-10H,1-2H3,(H,23,24,25,26). The molecule has 0 saturated carbocycles. The predicted octanol–water partition coefficient (Wildman–Crippen LogP) is 4.45. The van der Waals surface area contributed by atoms with Gasteiger partial charge in [-0.15, -0.1) is 0 Å². The van der Waals surface area contributed by atoms with Crippen LogP contribution in [0.3, 0.4) is 0 Å². The second kappa shape index (κ2) is 7.69. The summed E-state index contributed by atoms with van der Waals surface area (Å²) in [6.07, 6.45) is 3.21. The van der Waals surface area contributed by atoms with Crippen molar-refractivity contribution in [2.24, 2.45) is 7.05 Å². The highest BCUT2D eigenvalue weighted by Crippen LogP contribution is 2.33. The first-order chi connectivity index (χ1) is 14.0. The molecule has 0 aliphatic rings. The van der Waals surface area contributed by atoms with Crippen LogP contribution in [-0.2, 0) is 7.05 Å². The van der Waals surface area contributed by atoms with Gasteiger partial charge in [0.2, 0.25) is 5.95 Å². The normalized spacial score (nSPS) is 10.9. The van der Waals surface area contributed by atoms with Crippen LogP contribution in [0.2, 0.25) is 10.0 Å². The molecule has 9 heteroatoms. The van der Waals surface area contributed by atoms with Gasteiger partial charge in [0, 0.05) is 24.2 Å². The van der Waals surface area contributed by atoms with E-state index in [-0.39, 0.29) is 5.56 Å². The summed E-state index contributed by atoms with van der Waals surface area (Å²) < 4.78 is 6.54. The van der Waals surface area contributed by atoms with E-state index < -0.39 is 0 Å². The van der Waals surface area contributed by atoms with Crippen molar-refractivity contribution in [1.29, 1.82) is 0 Å². The first kappa shape index (κ1) is 19.2. The molecule has 4 rings (SSSR count). The number of aryl methyl sites for hydroxylation is 1. The van der Waals surface area contributed by atoms with Gasteiger partial charge in [0.15, 0.2) is 0 Å². The minimum Gasteiger partial charge on any atom is -0.495 e. The largest absolute Gasteiger partial charge is 0.495 e. The Bertz CT molecular complexity index is 1250. The third-order valence-electron chi connectivity index (χ3n) is 4.39. The maximum absolute atomic E-state index is 13.0. The zero-order chi connectivity index (χ0) is 20.5. The van der Waals surface area contributed by atoms with E-state index in [4.69, 9.17) is 27.9 Å². The molecule has 0 atom stereocenters. The minimum absolute atomic E-state index is 0.264. The van der Waals surface area contributed by atoms with Crippen LogP contribution in [-0.4, -0.2) is 26.6 Å². The number of methoxy groups -OCH3 is 1. The molecule has 0 saturated heterocycles. The minimum atomic E-state index is -0.264. The molecular weight excluding hydrogens is 413 g/mol. The molecule has 0 radical (unpaired) electrons. The Morgan fingerprint density at radius 1 is 1.07 bits per heavy atom. The third kappa shape index (κ3) is 3.62. The molecule has 29 heavy (non-hydrogen) atoms. The van der Waals surface area contributed by atoms with Gasteiger partial charge in [-0.1, -0.05) is 29.3 Å². The maximum atomic E-state index is 13.0. The monoisotopic (exact) mass is 427 g/mol. The van der Waals surface area contributed by atoms with Crippen LogP contribution in [0.5, 0.6) is 5.75 Å². The molecular formula is C20H15Cl2N5O2. The molecule has 0 aliphatic carbocycles. The highest BCUT2D eigenvalue weighted by atomic mass is 35.5. The zero-order valence-electron chi connectivity index (χ0n) is 15.5. The lowest BCUT2D eigenvalue weighted by Gasteiger charge is -2.12. The maximum Gasteiger partial charge on any atom is 0.259 e. The van der Waals surface area contributed by atoms with Crippen LogP contribution in [0, 0.1) is 0 Å². The van der Waals surface area contributed by atoms with Gasteiger partial charge in [0.25, 0.3) is 5.56 Å². The molecule has 0 fully saturated rings. The Labute approximate surface area is 175 Å². The zero-order valence-corrected chi connectivity index (χ0v) is 17.0. The van der Waals surface area contributed by atoms with E-state index in [0.29, 0.717) is 49.7 Å². The summed E-state index contributed by atoms with van der Waals surface area (Å²) in [5, 5.41) is 4.49. The Morgan fingerprint density at radius 3 is 2.48 bits per heavy atom. The molecule has 1 aromatic carbocycles. The van der Waals surface area contributed by atoms with Gasteiger partial charge in [-0.3, -0.25) is 9.36 Å². The number of rotatable bonds is 4. The number of pyridine rings is 2. The summed E-state index contributed by atoms with van der Waals surface area (Å²) in [6, 6.07) is 10.3. The SMILES string of the molecule is COc1ccc(Nc2ncc3cc(-c4c(Cl)cccc4Cl)c(=O)n(C)c3n2)nc1. The van der Waals surface area contributed by atoms with Crippen LogP contribution in [0.25, 0.3) is 22.2 Å². The summed E-state index contributed by atoms with van der Waals surface area (Å²) >= 11 is 12.6. The lowest BCUT2D eigenvalue weighted by molar-refractivity contribution is 0.413. The number of nitrogens with zero attached hydrogens (tertiary/aromatic N) is 4. The van der Waals surface area contributed by atoms with Crippen molar-refractivity contribution in [3.05, 3.63) is 69.2 Å². The smallest absolute Gasteiger partial charge is 0.259 e. The van der Waals surface area contributed by atoms with Gasteiger partial charge in [0.05, 0.1) is 28.9 Å². The number of hydrogen-bond donors (Lipinski definition) is 1. The quantitative estimate of drug-likeness (QED) is 0.517. The Hall–Kier alpha value is -3.16. The van der Waals surface area contributed by atoms with Crippen LogP contribution in [0.4, 0.5) is 11.8 Å². The number of fused-ring (bicyclic) bond motifs is 1. The number of ether oxygens (including phenoxy) is 1. The average Bonchev–Trinajstić information content (AvgIpc) is 2.72. The molecule has 0 amide bonds. The van der Waals surface area contributed by atoms with Gasteiger partial charge in [0.1, 0.15) is 17.2 Å². The number of halogens is 2. The van der Waals surface area contributed by atoms with E-state index in [1.807, 2.05) is 0 Å². The van der Waals surface area contributed by atoms with E-state index in [0.717, 1.165) is 0 Å². The number of hydrogen-bond acceptors (Lipinski definition) is 6. The third-order valence-corrected chi connectivity index (χ3v) is 5.02. The Morgan fingerprint density at radius 2 is 1.83 bits per heavy atom. The summed E-state index contributed by atoms with van der Waals surface area (Å²) in [7, 11) is 3.21. The molecule has 0 aliphatic heterocycles. The number of anilines is 2. The Balaban J connectivity index is 1.78. The molecule has 0 bridgehead atoms. The average molecular weight is 428 g/mol. The van der Waals surface area contributed by atoms with Crippen molar-refractivity contribution >= 4 is 46.0 Å². The highest BCUT2D eigenvalue weighted by Gasteiger charge is 2.16. The first-order valence-corrected chi connectivity index (χ1v) is 9.32. The predicted molar refractivity (Wildman–Crippen MR) is 114 cm³/mol. The van der Waals surface area contributed by atoms with Crippen molar-refractivity contribution in [2.75, 3.05) is 12.4 Å². The summed E-state index contributed by atoms with van der Waals surface area (Å²) in [6.45, 7) is 0. The second-order valence-electron chi connectivity index (χ2n) is 6.20. The molecule has 1 N–H and O–H groups in total. The molecule has 3 heterocycles. The van der Waals surface area contributed by atoms with E-state index >= 15 is 0 Å². The fraction of sp³-hybridized carbons (Fsp3) is 0.100. The van der Waals surface area contributed by atoms with Gasteiger partial charge in [-0.2, -0.15) is 4.98 Å². The molecule has 7 nitrogen and oxygen atoms in total. The summed E-state index contributed by atoms with van der Waals surface area (Å²) in [5.74, 6) is 1.51. The van der Waals surface area contributed by atoms with Crippen molar-refractivity contribution in [3.8, 4) is 16.9 Å². The number of benzene rings is 1. The van der Waals surface area contributed by atoms with E-state index in [1.165, 1.54) is 4.57 Å². The van der Waals surface area contributed by atoms with Crippen LogP contribution < -0.4 is 15.6 Å². The molecule has 0 spiro atoms. The molecule has 0 unspecified atom stereocenters. The van der Waals surface area contributed by atoms with Crippen molar-refractivity contribution in [3.63, 3.8) is 0 Å². The number of aromatic nitrogens is 4. The van der Waals surface area contributed by atoms with E-state index in [2.05, 4.69) is 20.3 Å². The van der Waals surface area contributed by atoms with E-state index in [9.17, 15) is 4.79 Å². The lowest BCUT2D eigenvalue weighted by atomic mass is 10.1. The van der Waals surface area contributed by atoms with Crippen LogP contribution >= 0.6 is 23.2 Å². The molecule has 4 aromatic rings. The topological polar surface area (TPSA) is 81.9 Å². The highest BCUT2D eigenvalue weighted by molar-refractivity contribution is 6.39. The first-order valence-electron chi connectivity index (χ1n) is 8.56. The van der Waals surface area contributed by atoms with Crippen molar-refractivity contribution in [1.82, 2.24) is 19.5 Å². The molecule has 146 valence electrons. The van der Waals surface area contributed by atoms with Gasteiger partial charge >= 0.3 is 0 Å². The van der Waals surface area contributed by atoms with Crippen molar-refractivity contribution < 1.29 is 4.74 Å². The number of nitrogens with one attached hydrogen (secondary N) is 1. The van der Waals surface area contributed by atoms with Gasteiger partial charge in [-0.05, 0) is 30.3 Å². The van der Waals surface area contributed by atoms with Crippen LogP contribution in [0.15, 0.2) is 53.6 Å². The van der Waals surface area contributed by atoms with Gasteiger partial charge < -0.3 is 10.1 Å². The summed E-state index contributed by atoms with van der Waals surface area (Å²) in [5.41, 5.74) is 1.08. The fourth-order valence-corrected chi connectivity index (χ4v) is 3.53. The fourth-order valence-electron chi connectivity index (χ4n) is 2.93. The van der Waals surface area contributed by atoms with Gasteiger partial charge in [-0.25, -0.2) is 9.97 Å². The van der Waals surface area contributed by atoms with E-state index in [1.54, 1.807) is 62.9 Å². The summed E-state index contributed by atoms with van der Waals surface area (Å²) in [4.78, 5) is 26.0.